The van der Waals surface area contributed by atoms with Gasteiger partial charge in [-0.05, 0) is 34.7 Å². The lowest BCUT2D eigenvalue weighted by molar-refractivity contribution is -0.137. The molecule has 35 heavy (non-hydrogen) atoms. The third-order valence-corrected chi connectivity index (χ3v) is 6.12. The average Bonchev–Trinajstić information content (AvgIpc) is 3.16. The number of hydrogen-bond donors (Lipinski definition) is 3. The Hall–Kier alpha value is -4.13. The summed E-state index contributed by atoms with van der Waals surface area (Å²) in [4.78, 5) is 36.2. The number of fused-ring (bicyclic) bond motifs is 3. The van der Waals surface area contributed by atoms with E-state index in [-0.39, 0.29) is 31.3 Å². The van der Waals surface area contributed by atoms with E-state index in [2.05, 4.69) is 34.9 Å². The molecule has 0 spiro atoms. The van der Waals surface area contributed by atoms with Crippen molar-refractivity contribution < 1.29 is 24.2 Å². The van der Waals surface area contributed by atoms with Crippen molar-refractivity contribution in [2.24, 2.45) is 0 Å². The molecule has 0 fully saturated rings. The van der Waals surface area contributed by atoms with Crippen LogP contribution < -0.4 is 10.6 Å². The minimum absolute atomic E-state index is 0.00680. The van der Waals surface area contributed by atoms with Gasteiger partial charge in [-0.2, -0.15) is 0 Å². The normalized spacial score (nSPS) is 13.7. The first-order chi connectivity index (χ1) is 16.9. The van der Waals surface area contributed by atoms with Gasteiger partial charge in [-0.25, -0.2) is 4.79 Å². The Morgan fingerprint density at radius 3 is 2.00 bits per heavy atom. The van der Waals surface area contributed by atoms with Crippen molar-refractivity contribution in [3.8, 4) is 11.1 Å². The van der Waals surface area contributed by atoms with Crippen molar-refractivity contribution in [2.75, 3.05) is 6.61 Å². The first-order valence-corrected chi connectivity index (χ1v) is 11.6. The maximum absolute atomic E-state index is 12.5. The highest BCUT2D eigenvalue weighted by Crippen LogP contribution is 2.44. The Bertz CT molecular complexity index is 1170. The lowest BCUT2D eigenvalue weighted by Gasteiger charge is -2.20. The quantitative estimate of drug-likeness (QED) is 0.421. The minimum atomic E-state index is -1.01. The van der Waals surface area contributed by atoms with E-state index in [0.717, 1.165) is 22.3 Å². The molecule has 0 heterocycles. The number of carbonyl (C=O) groups excluding carboxylic acids is 2. The van der Waals surface area contributed by atoms with Crippen molar-refractivity contribution in [1.29, 1.82) is 0 Å². The Labute approximate surface area is 204 Å². The van der Waals surface area contributed by atoms with Gasteiger partial charge in [-0.1, -0.05) is 78.9 Å². The molecule has 4 rings (SSSR count). The lowest BCUT2D eigenvalue weighted by Crippen LogP contribution is -2.39. The molecular weight excluding hydrogens is 444 g/mol. The minimum Gasteiger partial charge on any atom is -0.481 e. The summed E-state index contributed by atoms with van der Waals surface area (Å²) in [5.74, 6) is -1.41. The fourth-order valence-corrected chi connectivity index (χ4v) is 4.54. The van der Waals surface area contributed by atoms with Gasteiger partial charge in [-0.15, -0.1) is 0 Å². The Morgan fingerprint density at radius 1 is 0.829 bits per heavy atom. The molecule has 3 N–H and O–H groups in total. The molecule has 0 bridgehead atoms. The van der Waals surface area contributed by atoms with Crippen LogP contribution in [0.25, 0.3) is 11.1 Å². The third-order valence-electron chi connectivity index (χ3n) is 6.12. The molecule has 1 unspecified atom stereocenters. The van der Waals surface area contributed by atoms with Crippen LogP contribution in [0.1, 0.15) is 48.4 Å². The highest BCUT2D eigenvalue weighted by Gasteiger charge is 2.29. The molecular formula is C28H28N2O5. The smallest absolute Gasteiger partial charge is 0.407 e. The third kappa shape index (κ3) is 5.87. The van der Waals surface area contributed by atoms with Gasteiger partial charge < -0.3 is 20.5 Å². The first kappa shape index (κ1) is 24.0. The van der Waals surface area contributed by atoms with Gasteiger partial charge in [-0.3, -0.25) is 9.59 Å². The summed E-state index contributed by atoms with van der Waals surface area (Å²) in [6.45, 7) is 1.89. The molecule has 180 valence electrons. The fraction of sp³-hybridized carbons (Fsp3) is 0.250. The number of carbonyl (C=O) groups is 3. The number of ether oxygens (including phenoxy) is 1. The second-order valence-corrected chi connectivity index (χ2v) is 8.70. The van der Waals surface area contributed by atoms with Crippen LogP contribution in [-0.2, 0) is 14.3 Å². The van der Waals surface area contributed by atoms with Crippen molar-refractivity contribution in [3.63, 3.8) is 0 Å². The van der Waals surface area contributed by atoms with Crippen LogP contribution in [0, 0.1) is 0 Å². The van der Waals surface area contributed by atoms with E-state index in [1.165, 1.54) is 0 Å². The second kappa shape index (κ2) is 10.9. The van der Waals surface area contributed by atoms with Crippen LogP contribution in [0.4, 0.5) is 4.79 Å². The molecule has 3 aromatic rings. The van der Waals surface area contributed by atoms with Crippen molar-refractivity contribution in [1.82, 2.24) is 10.6 Å². The van der Waals surface area contributed by atoms with Gasteiger partial charge in [0.1, 0.15) is 6.61 Å². The molecule has 1 aliphatic rings. The van der Waals surface area contributed by atoms with Crippen LogP contribution >= 0.6 is 0 Å². The van der Waals surface area contributed by atoms with Gasteiger partial charge in [0.05, 0.1) is 12.5 Å². The monoisotopic (exact) mass is 472 g/mol. The number of hydrogen-bond acceptors (Lipinski definition) is 4. The van der Waals surface area contributed by atoms with Gasteiger partial charge in [0, 0.05) is 18.4 Å². The maximum atomic E-state index is 12.5. The molecule has 3 aromatic carbocycles. The standard InChI is InChI=1S/C28H28N2O5/c1-18(15-26(31)30-25(16-27(32)33)19-9-3-2-4-10-19)29-28(34)35-17-24-22-13-7-5-11-20(22)21-12-6-8-14-23(21)24/h2-14,18,24-25H,15-17H2,1H3,(H,29,34)(H,30,31)(H,32,33)/t18-,25?/m0/s1. The number of rotatable bonds is 9. The van der Waals surface area contributed by atoms with Gasteiger partial charge in [0.15, 0.2) is 0 Å². The van der Waals surface area contributed by atoms with E-state index < -0.39 is 24.1 Å². The highest BCUT2D eigenvalue weighted by atomic mass is 16.5. The van der Waals surface area contributed by atoms with E-state index in [4.69, 9.17) is 4.74 Å². The van der Waals surface area contributed by atoms with Crippen LogP contribution in [-0.4, -0.2) is 35.7 Å². The van der Waals surface area contributed by atoms with E-state index >= 15 is 0 Å². The van der Waals surface area contributed by atoms with Crippen molar-refractivity contribution >= 4 is 18.0 Å². The van der Waals surface area contributed by atoms with Crippen molar-refractivity contribution in [3.05, 3.63) is 95.6 Å². The van der Waals surface area contributed by atoms with Gasteiger partial charge >= 0.3 is 12.1 Å². The zero-order chi connectivity index (χ0) is 24.8. The zero-order valence-corrected chi connectivity index (χ0v) is 19.4. The predicted molar refractivity (Wildman–Crippen MR) is 132 cm³/mol. The molecule has 0 aliphatic heterocycles. The summed E-state index contributed by atoms with van der Waals surface area (Å²) in [7, 11) is 0. The van der Waals surface area contributed by atoms with E-state index in [1.54, 1.807) is 31.2 Å². The molecule has 0 saturated heterocycles. The Morgan fingerprint density at radius 2 is 1.40 bits per heavy atom. The average molecular weight is 473 g/mol. The van der Waals surface area contributed by atoms with E-state index in [0.29, 0.717) is 5.56 Å². The number of alkyl carbamates (subject to hydrolysis) is 1. The number of aliphatic carboxylic acids is 1. The van der Waals surface area contributed by atoms with Crippen LogP contribution in [0.15, 0.2) is 78.9 Å². The summed E-state index contributed by atoms with van der Waals surface area (Å²) in [5, 5.41) is 14.7. The van der Waals surface area contributed by atoms with E-state index in [9.17, 15) is 19.5 Å². The first-order valence-electron chi connectivity index (χ1n) is 11.6. The fourth-order valence-electron chi connectivity index (χ4n) is 4.54. The van der Waals surface area contributed by atoms with Gasteiger partial charge in [0.2, 0.25) is 5.91 Å². The van der Waals surface area contributed by atoms with Gasteiger partial charge in [0.25, 0.3) is 0 Å². The summed E-state index contributed by atoms with van der Waals surface area (Å²) in [6.07, 6.45) is -0.839. The summed E-state index contributed by atoms with van der Waals surface area (Å²) >= 11 is 0. The summed E-state index contributed by atoms with van der Waals surface area (Å²) < 4.78 is 5.54. The number of carboxylic acids is 1. The predicted octanol–water partition coefficient (Wildman–Crippen LogP) is 4.64. The topological polar surface area (TPSA) is 105 Å². The molecule has 1 aliphatic carbocycles. The molecule has 2 amide bonds. The molecule has 7 nitrogen and oxygen atoms in total. The molecule has 0 aromatic heterocycles. The van der Waals surface area contributed by atoms with Crippen LogP contribution in [0.3, 0.4) is 0 Å². The lowest BCUT2D eigenvalue weighted by atomic mass is 9.98. The highest BCUT2D eigenvalue weighted by molar-refractivity contribution is 5.80. The maximum Gasteiger partial charge on any atom is 0.407 e. The molecule has 7 heteroatoms. The second-order valence-electron chi connectivity index (χ2n) is 8.70. The van der Waals surface area contributed by atoms with Crippen LogP contribution in [0.2, 0.25) is 0 Å². The molecule has 0 radical (unpaired) electrons. The number of amides is 2. The largest absolute Gasteiger partial charge is 0.481 e. The number of nitrogens with one attached hydrogen (secondary N) is 2. The molecule has 0 saturated carbocycles. The number of benzene rings is 3. The van der Waals surface area contributed by atoms with Crippen molar-refractivity contribution in [2.45, 2.75) is 37.8 Å². The van der Waals surface area contributed by atoms with Crippen LogP contribution in [0.5, 0.6) is 0 Å². The number of carboxylic acid groups (broad SMARTS) is 1. The Kier molecular flexibility index (Phi) is 7.45. The zero-order valence-electron chi connectivity index (χ0n) is 19.4. The van der Waals surface area contributed by atoms with E-state index in [1.807, 2.05) is 30.3 Å². The molecule has 2 atom stereocenters. The summed E-state index contributed by atoms with van der Waals surface area (Å²) in [6, 6.07) is 24.0. The SMILES string of the molecule is C[C@@H](CC(=O)NC(CC(=O)O)c1ccccc1)NC(=O)OCC1c2ccccc2-c2ccccc21. The Balaban J connectivity index is 1.30. The summed E-state index contributed by atoms with van der Waals surface area (Å²) in [5.41, 5.74) is 5.26.